The van der Waals surface area contributed by atoms with E-state index in [0.29, 0.717) is 17.9 Å². The molecule has 4 nitrogen and oxygen atoms in total. The van der Waals surface area contributed by atoms with Crippen molar-refractivity contribution in [2.24, 2.45) is 5.92 Å². The Morgan fingerprint density at radius 2 is 2.38 bits per heavy atom. The average Bonchev–Trinajstić information content (AvgIpc) is 2.91. The lowest BCUT2D eigenvalue weighted by Gasteiger charge is -2.14. The first-order valence-electron chi connectivity index (χ1n) is 4.98. The topological polar surface area (TPSA) is 55.8 Å². The maximum Gasteiger partial charge on any atom is 0.506 e. The minimum absolute atomic E-state index is 0.0328. The molecule has 16 heavy (non-hydrogen) atoms. The minimum atomic E-state index is -1.29. The van der Waals surface area contributed by atoms with E-state index in [9.17, 15) is 9.18 Å². The molecule has 1 aliphatic carbocycles. The van der Waals surface area contributed by atoms with Gasteiger partial charge in [-0.25, -0.2) is 9.18 Å². The van der Waals surface area contributed by atoms with Gasteiger partial charge in [0.05, 0.1) is 6.61 Å². The number of carbonyl (C=O) groups is 1. The molecular weight excluding hydrogens is 215 g/mol. The Balaban J connectivity index is 1.90. The van der Waals surface area contributed by atoms with Gasteiger partial charge in [0.2, 0.25) is 0 Å². The molecule has 0 aromatic heterocycles. The average molecular weight is 224 g/mol. The first kappa shape index (κ1) is 9.45. The van der Waals surface area contributed by atoms with Crippen LogP contribution in [0.15, 0.2) is 18.2 Å². The van der Waals surface area contributed by atoms with E-state index in [1.165, 1.54) is 12.1 Å². The fraction of sp³-hybridized carbons (Fsp3) is 0.364. The number of rotatable bonds is 1. The molecular formula is C11H9FO4. The minimum Gasteiger partial charge on any atom is -0.493 e. The summed E-state index contributed by atoms with van der Waals surface area (Å²) in [7, 11) is 0. The number of benzene rings is 1. The van der Waals surface area contributed by atoms with Crippen LogP contribution in [0, 0.1) is 11.7 Å². The zero-order valence-electron chi connectivity index (χ0n) is 8.22. The summed E-state index contributed by atoms with van der Waals surface area (Å²) in [4.78, 5) is 10.4. The summed E-state index contributed by atoms with van der Waals surface area (Å²) in [5.74, 6) is 0.268. The molecule has 0 spiro atoms. The molecule has 1 aliphatic heterocycles. The van der Waals surface area contributed by atoms with Crippen molar-refractivity contribution in [2.45, 2.75) is 12.0 Å². The fourth-order valence-corrected chi connectivity index (χ4v) is 2.32. The van der Waals surface area contributed by atoms with Crippen LogP contribution in [-0.2, 0) is 4.74 Å². The molecule has 1 saturated carbocycles. The summed E-state index contributed by atoms with van der Waals surface area (Å²) in [6.07, 6.45) is -1.68. The largest absolute Gasteiger partial charge is 0.506 e. The van der Waals surface area contributed by atoms with Gasteiger partial charge in [-0.2, -0.15) is 0 Å². The van der Waals surface area contributed by atoms with Gasteiger partial charge in [0.1, 0.15) is 17.7 Å². The molecule has 0 amide bonds. The second kappa shape index (κ2) is 3.10. The summed E-state index contributed by atoms with van der Waals surface area (Å²) in [6, 6.07) is 4.28. The third kappa shape index (κ3) is 1.31. The predicted molar refractivity (Wildman–Crippen MR) is 51.0 cm³/mol. The van der Waals surface area contributed by atoms with E-state index in [0.717, 1.165) is 0 Å². The van der Waals surface area contributed by atoms with Crippen molar-refractivity contribution in [1.82, 2.24) is 0 Å². The fourth-order valence-electron chi connectivity index (χ4n) is 2.32. The van der Waals surface area contributed by atoms with Crippen molar-refractivity contribution in [1.29, 1.82) is 0 Å². The van der Waals surface area contributed by atoms with Gasteiger partial charge in [-0.1, -0.05) is 0 Å². The van der Waals surface area contributed by atoms with Crippen LogP contribution in [0.4, 0.5) is 9.18 Å². The third-order valence-corrected chi connectivity index (χ3v) is 3.10. The number of carboxylic acid groups (broad SMARTS) is 1. The van der Waals surface area contributed by atoms with Crippen molar-refractivity contribution in [3.05, 3.63) is 29.6 Å². The Morgan fingerprint density at radius 1 is 1.56 bits per heavy atom. The molecule has 2 aliphatic rings. The number of fused-ring (bicyclic) bond motifs is 3. The zero-order valence-corrected chi connectivity index (χ0v) is 8.22. The van der Waals surface area contributed by atoms with E-state index in [4.69, 9.17) is 14.6 Å². The molecule has 1 N–H and O–H groups in total. The molecule has 3 atom stereocenters. The second-order valence-electron chi connectivity index (χ2n) is 4.03. The summed E-state index contributed by atoms with van der Waals surface area (Å²) in [5.41, 5.74) is 0.711. The molecule has 0 bridgehead atoms. The summed E-state index contributed by atoms with van der Waals surface area (Å²) < 4.78 is 23.2. The normalized spacial score (nSPS) is 29.7. The molecule has 1 heterocycles. The van der Waals surface area contributed by atoms with Gasteiger partial charge in [-0.3, -0.25) is 0 Å². The predicted octanol–water partition coefficient (Wildman–Crippen LogP) is 1.99. The summed E-state index contributed by atoms with van der Waals surface area (Å²) in [6.45, 7) is 0.432. The smallest absolute Gasteiger partial charge is 0.493 e. The molecule has 0 saturated heterocycles. The monoisotopic (exact) mass is 224 g/mol. The van der Waals surface area contributed by atoms with Gasteiger partial charge < -0.3 is 14.6 Å². The van der Waals surface area contributed by atoms with E-state index in [-0.39, 0.29) is 23.8 Å². The van der Waals surface area contributed by atoms with Gasteiger partial charge in [-0.15, -0.1) is 0 Å². The number of hydrogen-bond donors (Lipinski definition) is 1. The van der Waals surface area contributed by atoms with Crippen LogP contribution in [0.25, 0.3) is 0 Å². The molecule has 84 valence electrons. The Morgan fingerprint density at radius 3 is 3.12 bits per heavy atom. The van der Waals surface area contributed by atoms with Crippen molar-refractivity contribution >= 4 is 6.16 Å². The molecule has 1 aromatic carbocycles. The van der Waals surface area contributed by atoms with Crippen LogP contribution < -0.4 is 4.74 Å². The summed E-state index contributed by atoms with van der Waals surface area (Å²) in [5, 5.41) is 8.54. The van der Waals surface area contributed by atoms with Gasteiger partial charge >= 0.3 is 6.16 Å². The lowest BCUT2D eigenvalue weighted by Crippen LogP contribution is -2.09. The van der Waals surface area contributed by atoms with Crippen LogP contribution >= 0.6 is 0 Å². The van der Waals surface area contributed by atoms with Crippen molar-refractivity contribution in [2.75, 3.05) is 6.61 Å². The van der Waals surface area contributed by atoms with Crippen LogP contribution in [0.2, 0.25) is 0 Å². The van der Waals surface area contributed by atoms with Gasteiger partial charge in [-0.05, 0) is 18.2 Å². The Hall–Kier alpha value is -1.78. The lowest BCUT2D eigenvalue weighted by molar-refractivity contribution is 0.0774. The maximum atomic E-state index is 13.1. The highest BCUT2D eigenvalue weighted by Crippen LogP contribution is 2.55. The first-order chi connectivity index (χ1) is 7.66. The van der Waals surface area contributed by atoms with E-state index < -0.39 is 6.16 Å². The van der Waals surface area contributed by atoms with Gasteiger partial charge in [0, 0.05) is 17.4 Å². The standard InChI is InChI=1S/C11H9FO4/c12-5-1-2-8-6(3-5)9-7(4-15-8)10(9)16-11(13)14/h1-3,7,9-10H,4H2,(H,13,14)/t7-,9+,10-/m1/s1. The molecule has 0 unspecified atom stereocenters. The zero-order chi connectivity index (χ0) is 11.3. The highest BCUT2D eigenvalue weighted by atomic mass is 19.1. The van der Waals surface area contributed by atoms with Crippen molar-refractivity contribution in [3.63, 3.8) is 0 Å². The van der Waals surface area contributed by atoms with Crippen LogP contribution in [0.5, 0.6) is 5.75 Å². The van der Waals surface area contributed by atoms with Crippen LogP contribution in [0.1, 0.15) is 11.5 Å². The van der Waals surface area contributed by atoms with Gasteiger partial charge in [0.25, 0.3) is 0 Å². The quantitative estimate of drug-likeness (QED) is 0.741. The van der Waals surface area contributed by atoms with Crippen LogP contribution in [0.3, 0.4) is 0 Å². The van der Waals surface area contributed by atoms with E-state index >= 15 is 0 Å². The Kier molecular flexibility index (Phi) is 1.83. The molecule has 5 heteroatoms. The van der Waals surface area contributed by atoms with E-state index in [1.54, 1.807) is 6.07 Å². The van der Waals surface area contributed by atoms with Crippen LogP contribution in [-0.4, -0.2) is 24.0 Å². The lowest BCUT2D eigenvalue weighted by atomic mass is 10.1. The second-order valence-corrected chi connectivity index (χ2v) is 4.03. The number of ether oxygens (including phenoxy) is 2. The van der Waals surface area contributed by atoms with Crippen molar-refractivity contribution < 1.29 is 23.8 Å². The summed E-state index contributed by atoms with van der Waals surface area (Å²) >= 11 is 0. The molecule has 0 radical (unpaired) electrons. The number of halogens is 1. The molecule has 1 fully saturated rings. The van der Waals surface area contributed by atoms with Gasteiger partial charge in [0.15, 0.2) is 0 Å². The van der Waals surface area contributed by atoms with E-state index in [1.807, 2.05) is 0 Å². The third-order valence-electron chi connectivity index (χ3n) is 3.10. The van der Waals surface area contributed by atoms with Crippen molar-refractivity contribution in [3.8, 4) is 5.75 Å². The SMILES string of the molecule is O=C(O)O[C@@H]1[C@@H]2COc3ccc(F)cc3[C@@H]21. The molecule has 3 rings (SSSR count). The molecule has 1 aromatic rings. The number of hydrogen-bond acceptors (Lipinski definition) is 3. The highest BCUT2D eigenvalue weighted by molar-refractivity contribution is 5.58. The Bertz CT molecular complexity index is 459. The van der Waals surface area contributed by atoms with E-state index in [2.05, 4.69) is 0 Å². The maximum absolute atomic E-state index is 13.1. The highest BCUT2D eigenvalue weighted by Gasteiger charge is 2.58. The first-order valence-corrected chi connectivity index (χ1v) is 4.98. The Labute approximate surface area is 90.6 Å².